The minimum atomic E-state index is -0.211. The zero-order valence-corrected chi connectivity index (χ0v) is 15.9. The summed E-state index contributed by atoms with van der Waals surface area (Å²) >= 11 is 0. The average Bonchev–Trinajstić information content (AvgIpc) is 3.17. The molecule has 0 spiro atoms. The highest BCUT2D eigenvalue weighted by Gasteiger charge is 2.18. The second kappa shape index (κ2) is 7.95. The first kappa shape index (κ1) is 18.5. The Morgan fingerprint density at radius 1 is 1.11 bits per heavy atom. The second-order valence-corrected chi connectivity index (χ2v) is 6.34. The second-order valence-electron chi connectivity index (χ2n) is 6.34. The van der Waals surface area contributed by atoms with Gasteiger partial charge in [-0.25, -0.2) is 0 Å². The third-order valence-electron chi connectivity index (χ3n) is 4.45. The van der Waals surface area contributed by atoms with Gasteiger partial charge < -0.3 is 14.8 Å². The molecular formula is C21H23N3O3. The van der Waals surface area contributed by atoms with E-state index in [1.165, 1.54) is 0 Å². The van der Waals surface area contributed by atoms with Crippen LogP contribution in [0.1, 0.15) is 34.5 Å². The molecule has 1 amide bonds. The molecule has 0 aliphatic rings. The number of hydrogen-bond donors (Lipinski definition) is 2. The van der Waals surface area contributed by atoms with Crippen molar-refractivity contribution in [2.45, 2.75) is 19.9 Å². The largest absolute Gasteiger partial charge is 0.493 e. The summed E-state index contributed by atoms with van der Waals surface area (Å²) in [4.78, 5) is 12.8. The first-order valence-corrected chi connectivity index (χ1v) is 8.66. The average molecular weight is 365 g/mol. The Morgan fingerprint density at radius 3 is 2.59 bits per heavy atom. The number of H-pyrrole nitrogens is 1. The summed E-state index contributed by atoms with van der Waals surface area (Å²) in [5.41, 5.74) is 4.17. The van der Waals surface area contributed by atoms with Crippen LogP contribution >= 0.6 is 0 Å². The fourth-order valence-electron chi connectivity index (χ4n) is 2.96. The van der Waals surface area contributed by atoms with Gasteiger partial charge in [0.15, 0.2) is 11.5 Å². The van der Waals surface area contributed by atoms with Gasteiger partial charge in [-0.1, -0.05) is 29.8 Å². The molecule has 3 rings (SSSR count). The van der Waals surface area contributed by atoms with Gasteiger partial charge >= 0.3 is 0 Å². The van der Waals surface area contributed by atoms with Gasteiger partial charge in [-0.15, -0.1) is 0 Å². The number of rotatable bonds is 6. The van der Waals surface area contributed by atoms with Gasteiger partial charge in [0.2, 0.25) is 0 Å². The highest BCUT2D eigenvalue weighted by molar-refractivity contribution is 6.00. The lowest BCUT2D eigenvalue weighted by molar-refractivity contribution is 0.0940. The van der Waals surface area contributed by atoms with E-state index in [2.05, 4.69) is 15.5 Å². The molecule has 0 radical (unpaired) electrons. The van der Waals surface area contributed by atoms with Gasteiger partial charge in [-0.05, 0) is 37.6 Å². The van der Waals surface area contributed by atoms with E-state index in [0.717, 1.165) is 16.7 Å². The Labute approximate surface area is 158 Å². The number of amides is 1. The predicted octanol–water partition coefficient (Wildman–Crippen LogP) is 3.89. The molecular weight excluding hydrogens is 342 g/mol. The summed E-state index contributed by atoms with van der Waals surface area (Å²) in [5.74, 6) is 1.08. The van der Waals surface area contributed by atoms with Crippen molar-refractivity contribution >= 4 is 5.91 Å². The molecule has 1 heterocycles. The number of aromatic nitrogens is 2. The van der Waals surface area contributed by atoms with E-state index in [9.17, 15) is 4.79 Å². The van der Waals surface area contributed by atoms with Gasteiger partial charge in [-0.3, -0.25) is 9.89 Å². The van der Waals surface area contributed by atoms with Gasteiger partial charge in [-0.2, -0.15) is 5.10 Å². The van der Waals surface area contributed by atoms with Crippen molar-refractivity contribution in [1.82, 2.24) is 15.5 Å². The minimum Gasteiger partial charge on any atom is -0.493 e. The van der Waals surface area contributed by atoms with Crippen LogP contribution in [0.25, 0.3) is 11.3 Å². The van der Waals surface area contributed by atoms with Crippen molar-refractivity contribution in [1.29, 1.82) is 0 Å². The van der Waals surface area contributed by atoms with Crippen LogP contribution in [0.5, 0.6) is 11.5 Å². The Bertz CT molecular complexity index is 949. The quantitative estimate of drug-likeness (QED) is 0.695. The summed E-state index contributed by atoms with van der Waals surface area (Å²) in [5, 5.41) is 10.0. The predicted molar refractivity (Wildman–Crippen MR) is 104 cm³/mol. The van der Waals surface area contributed by atoms with Crippen molar-refractivity contribution in [3.05, 3.63) is 65.4 Å². The lowest BCUT2D eigenvalue weighted by Gasteiger charge is -2.16. The zero-order valence-electron chi connectivity index (χ0n) is 15.9. The lowest BCUT2D eigenvalue weighted by Crippen LogP contribution is -2.26. The van der Waals surface area contributed by atoms with E-state index >= 15 is 0 Å². The molecule has 0 fully saturated rings. The number of aryl methyl sites for hydroxylation is 1. The molecule has 1 aromatic heterocycles. The number of ether oxygens (including phenoxy) is 2. The number of methoxy groups -OCH3 is 2. The summed E-state index contributed by atoms with van der Waals surface area (Å²) in [7, 11) is 3.18. The van der Waals surface area contributed by atoms with E-state index in [-0.39, 0.29) is 11.9 Å². The number of nitrogens with zero attached hydrogens (tertiary/aromatic N) is 1. The van der Waals surface area contributed by atoms with E-state index in [1.54, 1.807) is 20.4 Å². The van der Waals surface area contributed by atoms with Crippen molar-refractivity contribution < 1.29 is 14.3 Å². The maximum absolute atomic E-state index is 12.8. The molecule has 0 saturated heterocycles. The highest BCUT2D eigenvalue weighted by atomic mass is 16.5. The molecule has 0 aliphatic carbocycles. The van der Waals surface area contributed by atoms with Crippen molar-refractivity contribution in [2.75, 3.05) is 14.2 Å². The number of hydrogen-bond acceptors (Lipinski definition) is 4. The number of nitrogens with one attached hydrogen (secondary N) is 2. The Morgan fingerprint density at radius 2 is 1.89 bits per heavy atom. The first-order chi connectivity index (χ1) is 13.0. The van der Waals surface area contributed by atoms with Crippen LogP contribution in [0.15, 0.2) is 48.7 Å². The van der Waals surface area contributed by atoms with Crippen LogP contribution in [-0.4, -0.2) is 30.3 Å². The topological polar surface area (TPSA) is 76.2 Å². The van der Waals surface area contributed by atoms with Gasteiger partial charge in [0.25, 0.3) is 5.91 Å². The molecule has 2 aromatic carbocycles. The molecule has 140 valence electrons. The fourth-order valence-corrected chi connectivity index (χ4v) is 2.96. The summed E-state index contributed by atoms with van der Waals surface area (Å²) in [6.07, 6.45) is 1.55. The molecule has 0 aliphatic heterocycles. The molecule has 27 heavy (non-hydrogen) atoms. The number of carbonyl (C=O) groups excluding carboxylic acids is 1. The molecule has 3 aromatic rings. The van der Waals surface area contributed by atoms with E-state index in [1.807, 2.05) is 56.3 Å². The van der Waals surface area contributed by atoms with Gasteiger partial charge in [0.1, 0.15) is 0 Å². The molecule has 0 saturated carbocycles. The zero-order chi connectivity index (χ0) is 19.4. The van der Waals surface area contributed by atoms with E-state index in [0.29, 0.717) is 22.8 Å². The first-order valence-electron chi connectivity index (χ1n) is 8.66. The molecule has 1 atom stereocenters. The van der Waals surface area contributed by atoms with Crippen LogP contribution in [0, 0.1) is 6.92 Å². The highest BCUT2D eigenvalue weighted by Crippen LogP contribution is 2.30. The Hall–Kier alpha value is -3.28. The Balaban J connectivity index is 1.81. The third kappa shape index (κ3) is 3.95. The fraction of sp³-hybridized carbons (Fsp3) is 0.238. The van der Waals surface area contributed by atoms with Crippen molar-refractivity contribution in [2.24, 2.45) is 0 Å². The minimum absolute atomic E-state index is 0.192. The summed E-state index contributed by atoms with van der Waals surface area (Å²) in [6.45, 7) is 3.93. The van der Waals surface area contributed by atoms with Gasteiger partial charge in [0, 0.05) is 5.56 Å². The van der Waals surface area contributed by atoms with Crippen LogP contribution in [0.3, 0.4) is 0 Å². The third-order valence-corrected chi connectivity index (χ3v) is 4.45. The molecule has 6 nitrogen and oxygen atoms in total. The van der Waals surface area contributed by atoms with Gasteiger partial charge in [0.05, 0.1) is 37.7 Å². The number of benzene rings is 2. The molecule has 2 N–H and O–H groups in total. The maximum atomic E-state index is 12.8. The monoisotopic (exact) mass is 365 g/mol. The molecule has 0 unspecified atom stereocenters. The van der Waals surface area contributed by atoms with Crippen LogP contribution < -0.4 is 14.8 Å². The van der Waals surface area contributed by atoms with E-state index in [4.69, 9.17) is 9.47 Å². The Kier molecular flexibility index (Phi) is 5.45. The van der Waals surface area contributed by atoms with E-state index < -0.39 is 0 Å². The summed E-state index contributed by atoms with van der Waals surface area (Å²) < 4.78 is 10.6. The van der Waals surface area contributed by atoms with Crippen molar-refractivity contribution in [3.63, 3.8) is 0 Å². The standard InChI is InChI=1S/C21H23N3O3/c1-13-6-5-7-16(10-13)20-17(12-22-24-20)21(25)23-14(2)15-8-9-18(26-3)19(11-15)27-4/h5-12,14H,1-4H3,(H,22,24)(H,23,25)/t14-/m1/s1. The van der Waals surface area contributed by atoms with Crippen LogP contribution in [-0.2, 0) is 0 Å². The summed E-state index contributed by atoms with van der Waals surface area (Å²) in [6, 6.07) is 13.3. The molecule has 6 heteroatoms. The van der Waals surface area contributed by atoms with Crippen LogP contribution in [0.4, 0.5) is 0 Å². The number of carbonyl (C=O) groups is 1. The van der Waals surface area contributed by atoms with Crippen molar-refractivity contribution in [3.8, 4) is 22.8 Å². The molecule has 0 bridgehead atoms. The smallest absolute Gasteiger partial charge is 0.255 e. The SMILES string of the molecule is COc1ccc([C@@H](C)NC(=O)c2cn[nH]c2-c2cccc(C)c2)cc1OC. The lowest BCUT2D eigenvalue weighted by atomic mass is 10.0. The normalized spacial score (nSPS) is 11.7. The maximum Gasteiger partial charge on any atom is 0.255 e. The number of aromatic amines is 1. The van der Waals surface area contributed by atoms with Crippen LogP contribution in [0.2, 0.25) is 0 Å².